The molecule has 12 aromatic carbocycles. The normalized spacial score (nSPS) is 12.6. The van der Waals surface area contributed by atoms with Crippen molar-refractivity contribution >= 4 is 26.9 Å². The minimum absolute atomic E-state index is 0.0305. The summed E-state index contributed by atoms with van der Waals surface area (Å²) in [5.74, 6) is 5.40. The molecule has 0 aliphatic carbocycles. The van der Waals surface area contributed by atoms with Crippen LogP contribution in [0.5, 0.6) is 138 Å². The molecular weight excluding hydrogens is 1580 g/mol. The van der Waals surface area contributed by atoms with Crippen LogP contribution in [0.15, 0.2) is 291 Å². The second-order valence-electron chi connectivity index (χ2n) is 23.6. The summed E-state index contributed by atoms with van der Waals surface area (Å²) in [6.07, 6.45) is 0. The van der Waals surface area contributed by atoms with Gasteiger partial charge in [-0.2, -0.15) is 0 Å². The van der Waals surface area contributed by atoms with Crippen LogP contribution in [0.3, 0.4) is 0 Å². The zero-order chi connectivity index (χ0) is 79.3. The number of ether oxygens (including phenoxy) is 12. The Balaban J connectivity index is 1.51. The van der Waals surface area contributed by atoms with Gasteiger partial charge in [-0.15, -0.1) is 0 Å². The fourth-order valence-corrected chi connectivity index (χ4v) is 67.1. The third-order valence-electron chi connectivity index (χ3n) is 16.7. The van der Waals surface area contributed by atoms with Crippen molar-refractivity contribution in [1.82, 2.24) is 0 Å². The predicted octanol–water partition coefficient (Wildman–Crippen LogP) is 20.8. The van der Waals surface area contributed by atoms with E-state index in [0.29, 0.717) is 69.0 Å². The molecule has 0 heterocycles. The van der Waals surface area contributed by atoms with Crippen molar-refractivity contribution < 1.29 is 122 Å². The topological polar surface area (TPSA) is 222 Å². The van der Waals surface area contributed by atoms with E-state index in [0.717, 1.165) is 0 Å². The minimum atomic E-state index is -6.52. The summed E-state index contributed by atoms with van der Waals surface area (Å²) >= 11 is 0. The Morgan fingerprint density at radius 2 is 0.177 bits per heavy atom. The number of methoxy groups -OCH3 is 12. The SMILES string of the molecule is COc1ccc(O[PH](Oc2ccc(OC)cc2)(Oc2ccc(OC)cc2)[Ni]([PH](Oc2ccc(OC)cc2)(Oc2ccc(OC)cc2)Oc2ccc(OC)cc2)([PH](Oc2ccc(OC)cc2)(Oc2ccc(OC)cc2)Oc2ccc(OC)cc2)[PH](Oc2ccc(OC)cc2)(Oc2ccc(OC)cc2)Oc2ccc(OC)cc2)cc1. The molecule has 0 saturated carbocycles. The summed E-state index contributed by atoms with van der Waals surface area (Å²) in [7, 11) is 12.8. The molecule has 24 nitrogen and oxygen atoms in total. The van der Waals surface area contributed by atoms with E-state index in [1.807, 2.05) is 0 Å². The Morgan fingerprint density at radius 3 is 0.239 bits per heavy atom. The van der Waals surface area contributed by atoms with Gasteiger partial charge >= 0.3 is 663 Å². The zero-order valence-electron chi connectivity index (χ0n) is 63.8. The van der Waals surface area contributed by atoms with Gasteiger partial charge in [0.05, 0.1) is 0 Å². The fraction of sp³-hybridized carbons (Fsp3) is 0.143. The Kier molecular flexibility index (Phi) is 26.7. The standard InChI is InChI=1S/4C21H22O6P.Ni/c4*1-22-16-4-10-19(11-5-16)25-28(26-20-12-6-17(23-2)7-13-20)27-21-14-8-18(24-3)9-15-21;/h4*4-15,28H,1-3H3;/q4*+1;-4. The first-order valence-corrected chi connectivity index (χ1v) is 46.8. The van der Waals surface area contributed by atoms with Crippen LogP contribution >= 0.6 is 26.9 Å². The Bertz CT molecular complexity index is 3820. The second kappa shape index (κ2) is 37.4. The van der Waals surface area contributed by atoms with Crippen LogP contribution in [0.25, 0.3) is 0 Å². The fourth-order valence-electron chi connectivity index (χ4n) is 10.9. The van der Waals surface area contributed by atoms with E-state index in [1.165, 1.54) is 0 Å². The van der Waals surface area contributed by atoms with E-state index in [9.17, 15) is 0 Å². The van der Waals surface area contributed by atoms with Crippen LogP contribution in [0.2, 0.25) is 0 Å². The van der Waals surface area contributed by atoms with Crippen LogP contribution in [0.4, 0.5) is 0 Å². The van der Waals surface area contributed by atoms with Crippen LogP contribution in [0, 0.1) is 0 Å². The van der Waals surface area contributed by atoms with Crippen molar-refractivity contribution in [1.29, 1.82) is 0 Å². The molecule has 0 spiro atoms. The third-order valence-corrected chi connectivity index (χ3v) is 67.9. The number of benzene rings is 12. The van der Waals surface area contributed by atoms with Crippen molar-refractivity contribution in [2.45, 2.75) is 0 Å². The number of hydrogen-bond donors (Lipinski definition) is 0. The average molecular weight is 1660 g/mol. The van der Waals surface area contributed by atoms with Crippen LogP contribution in [0.1, 0.15) is 0 Å². The summed E-state index contributed by atoms with van der Waals surface area (Å²) in [4.78, 5) is 0. The summed E-state index contributed by atoms with van der Waals surface area (Å²) in [5.41, 5.74) is 0. The summed E-state index contributed by atoms with van der Waals surface area (Å²) in [6, 6.07) is 81.0. The quantitative estimate of drug-likeness (QED) is 0.0257. The average Bonchev–Trinajstić information content (AvgIpc) is 0.651. The van der Waals surface area contributed by atoms with Gasteiger partial charge in [-0.1, -0.05) is 0 Å². The van der Waals surface area contributed by atoms with Crippen LogP contribution < -0.4 is 111 Å². The van der Waals surface area contributed by atoms with E-state index < -0.39 is 37.5 Å². The summed E-state index contributed by atoms with van der Waals surface area (Å²) < 4.78 is 175. The Morgan fingerprint density at radius 1 is 0.115 bits per heavy atom. The van der Waals surface area contributed by atoms with Gasteiger partial charge in [-0.05, 0) is 0 Å². The molecule has 12 aromatic rings. The van der Waals surface area contributed by atoms with E-state index in [2.05, 4.69) is 0 Å². The first kappa shape index (κ1) is 80.6. The van der Waals surface area contributed by atoms with E-state index in [-0.39, 0.29) is 69.0 Å². The second-order valence-corrected chi connectivity index (χ2v) is 54.0. The van der Waals surface area contributed by atoms with Crippen LogP contribution in [-0.2, 0) is 10.7 Å². The first-order valence-electron chi connectivity index (χ1n) is 34.7. The Hall–Kier alpha value is -11.9. The molecule has 0 N–H and O–H groups in total. The summed E-state index contributed by atoms with van der Waals surface area (Å²) in [5, 5.41) is 0. The molecule has 113 heavy (non-hydrogen) atoms. The van der Waals surface area contributed by atoms with E-state index >= 15 is 0 Å². The van der Waals surface area contributed by atoms with Crippen molar-refractivity contribution in [3.63, 3.8) is 0 Å². The van der Waals surface area contributed by atoms with Gasteiger partial charge in [0.15, 0.2) is 0 Å². The molecule has 0 aliphatic rings. The molecule has 0 fully saturated rings. The molecule has 0 aliphatic heterocycles. The molecule has 0 unspecified atom stereocenters. The maximum atomic E-state index is 8.60. The molecule has 0 saturated heterocycles. The molecule has 0 aromatic heterocycles. The first-order chi connectivity index (χ1) is 55.1. The molecule has 0 amide bonds. The molecule has 0 radical (unpaired) electrons. The number of hydrogen-bond acceptors (Lipinski definition) is 24. The maximum absolute atomic E-state index is 8.60. The predicted molar refractivity (Wildman–Crippen MR) is 437 cm³/mol. The van der Waals surface area contributed by atoms with E-state index in [4.69, 9.17) is 111 Å². The van der Waals surface area contributed by atoms with Gasteiger partial charge in [-0.3, -0.25) is 0 Å². The van der Waals surface area contributed by atoms with Crippen molar-refractivity contribution in [3.8, 4) is 138 Å². The van der Waals surface area contributed by atoms with E-state index in [1.54, 1.807) is 377 Å². The van der Waals surface area contributed by atoms with Crippen molar-refractivity contribution in [3.05, 3.63) is 291 Å². The van der Waals surface area contributed by atoms with Gasteiger partial charge in [0.1, 0.15) is 0 Å². The number of rotatable bonds is 40. The molecule has 598 valence electrons. The zero-order valence-corrected chi connectivity index (χ0v) is 68.8. The summed E-state index contributed by atoms with van der Waals surface area (Å²) in [6.45, 7) is -26.1. The molecule has 0 atom stereocenters. The molecule has 12 rings (SSSR count). The molecule has 0 bridgehead atoms. The van der Waals surface area contributed by atoms with Gasteiger partial charge < -0.3 is 0 Å². The van der Waals surface area contributed by atoms with Gasteiger partial charge in [-0.25, -0.2) is 0 Å². The third kappa shape index (κ3) is 18.5. The van der Waals surface area contributed by atoms with Crippen molar-refractivity contribution in [2.75, 3.05) is 85.3 Å². The molecule has 29 heteroatoms. The van der Waals surface area contributed by atoms with Gasteiger partial charge in [0, 0.05) is 0 Å². The van der Waals surface area contributed by atoms with Crippen LogP contribution in [-0.4, -0.2) is 85.3 Å². The van der Waals surface area contributed by atoms with Gasteiger partial charge in [0.2, 0.25) is 0 Å². The molecular formula is C84H88NiO24P4. The monoisotopic (exact) mass is 1660 g/mol. The van der Waals surface area contributed by atoms with Crippen molar-refractivity contribution in [2.24, 2.45) is 0 Å². The van der Waals surface area contributed by atoms with Gasteiger partial charge in [0.25, 0.3) is 0 Å². The Labute approximate surface area is 659 Å².